The van der Waals surface area contributed by atoms with Crippen molar-refractivity contribution in [1.29, 1.82) is 0 Å². The summed E-state index contributed by atoms with van der Waals surface area (Å²) in [7, 11) is 0. The quantitative estimate of drug-likeness (QED) is 0.260. The van der Waals surface area contributed by atoms with E-state index >= 15 is 0 Å². The first-order valence-corrected chi connectivity index (χ1v) is 10.9. The summed E-state index contributed by atoms with van der Waals surface area (Å²) in [4.78, 5) is 8.71. The van der Waals surface area contributed by atoms with Crippen molar-refractivity contribution in [3.63, 3.8) is 0 Å². The van der Waals surface area contributed by atoms with Gasteiger partial charge in [-0.25, -0.2) is 9.97 Å². The first kappa shape index (κ1) is 22.9. The predicted molar refractivity (Wildman–Crippen MR) is 117 cm³/mol. The van der Waals surface area contributed by atoms with Gasteiger partial charge in [-0.2, -0.15) is 13.2 Å². The molecule has 0 amide bonds. The lowest BCUT2D eigenvalue weighted by Gasteiger charge is -2.15. The van der Waals surface area contributed by atoms with Crippen LogP contribution in [-0.4, -0.2) is 16.6 Å². The van der Waals surface area contributed by atoms with Gasteiger partial charge < -0.3 is 10.1 Å². The smallest absolute Gasteiger partial charge is 0.420 e. The maximum atomic E-state index is 13.5. The molecule has 0 saturated heterocycles. The molecule has 3 aromatic rings. The first-order chi connectivity index (χ1) is 15.0. The fraction of sp³-hybridized carbons (Fsp3) is 0.304. The number of para-hydroxylation sites is 2. The number of nitrogens with zero attached hydrogens (tertiary/aromatic N) is 2. The van der Waals surface area contributed by atoms with Crippen molar-refractivity contribution in [2.24, 2.45) is 0 Å². The van der Waals surface area contributed by atoms with E-state index in [1.165, 1.54) is 0 Å². The molecule has 0 bridgehead atoms. The molecule has 0 atom stereocenters. The summed E-state index contributed by atoms with van der Waals surface area (Å²) in [6, 6.07) is 16.1. The molecule has 0 aliphatic heterocycles. The molecule has 4 nitrogen and oxygen atoms in total. The molecule has 0 aliphatic carbocycles. The van der Waals surface area contributed by atoms with Gasteiger partial charge in [-0.15, -0.1) is 0 Å². The van der Waals surface area contributed by atoms with Crippen molar-refractivity contribution in [1.82, 2.24) is 9.97 Å². The molecule has 3 rings (SSSR count). The molecule has 1 aromatic heterocycles. The van der Waals surface area contributed by atoms with Crippen molar-refractivity contribution >= 4 is 23.4 Å². The number of aromatic nitrogens is 2. The Labute approximate surface area is 184 Å². The third kappa shape index (κ3) is 6.89. The highest BCUT2D eigenvalue weighted by Crippen LogP contribution is 2.39. The molecule has 0 radical (unpaired) electrons. The lowest BCUT2D eigenvalue weighted by Crippen LogP contribution is -2.11. The molecular weight excluding hydrogens is 423 g/mol. The number of rotatable bonds is 10. The summed E-state index contributed by atoms with van der Waals surface area (Å²) in [5.41, 5.74) is -0.263. The number of halogens is 3. The number of ether oxygens (including phenoxy) is 1. The largest absolute Gasteiger partial charge is 0.491 e. The third-order valence-corrected chi connectivity index (χ3v) is 5.42. The molecule has 0 unspecified atom stereocenters. The minimum absolute atomic E-state index is 0.0773. The van der Waals surface area contributed by atoms with Crippen LogP contribution < -0.4 is 10.1 Å². The summed E-state index contributed by atoms with van der Waals surface area (Å²) >= 11 is 0.949. The minimum Gasteiger partial charge on any atom is -0.491 e. The Kier molecular flexibility index (Phi) is 8.17. The van der Waals surface area contributed by atoms with E-state index in [-0.39, 0.29) is 11.0 Å². The van der Waals surface area contributed by atoms with E-state index < -0.39 is 11.7 Å². The van der Waals surface area contributed by atoms with Crippen LogP contribution in [0.5, 0.6) is 5.75 Å². The SMILES string of the molecule is CCCCCCOc1ccccc1Nc1ncc(C(F)(F)F)c(Sc2ccccc2)n1. The molecule has 1 N–H and O–H groups in total. The third-order valence-electron chi connectivity index (χ3n) is 4.41. The van der Waals surface area contributed by atoms with E-state index in [2.05, 4.69) is 22.2 Å². The topological polar surface area (TPSA) is 47.0 Å². The van der Waals surface area contributed by atoms with Crippen LogP contribution in [0, 0.1) is 0 Å². The van der Waals surface area contributed by atoms with Crippen LogP contribution in [-0.2, 0) is 6.18 Å². The Balaban J connectivity index is 1.80. The van der Waals surface area contributed by atoms with Gasteiger partial charge in [-0.1, -0.05) is 68.3 Å². The second kappa shape index (κ2) is 11.0. The second-order valence-corrected chi connectivity index (χ2v) is 7.92. The fourth-order valence-corrected chi connectivity index (χ4v) is 3.75. The van der Waals surface area contributed by atoms with Crippen molar-refractivity contribution in [3.05, 3.63) is 66.4 Å². The molecule has 0 fully saturated rings. The standard InChI is InChI=1S/C23H24F3N3OS/c1-2-3-4-10-15-30-20-14-9-8-13-19(20)28-22-27-16-18(23(24,25)26)21(29-22)31-17-11-6-5-7-12-17/h5-9,11-14,16H,2-4,10,15H2,1H3,(H,27,28,29). The second-order valence-electron chi connectivity index (χ2n) is 6.86. The number of nitrogens with one attached hydrogen (secondary N) is 1. The van der Waals surface area contributed by atoms with Gasteiger partial charge in [0.05, 0.1) is 12.3 Å². The molecule has 0 aliphatic rings. The van der Waals surface area contributed by atoms with Gasteiger partial charge >= 0.3 is 6.18 Å². The molecule has 164 valence electrons. The summed E-state index contributed by atoms with van der Waals surface area (Å²) in [6.07, 6.45) is 0.603. The van der Waals surface area contributed by atoms with Crippen LogP contribution in [0.15, 0.2) is 70.7 Å². The van der Waals surface area contributed by atoms with Gasteiger partial charge in [0, 0.05) is 11.1 Å². The summed E-state index contributed by atoms with van der Waals surface area (Å²) in [6.45, 7) is 2.72. The monoisotopic (exact) mass is 447 g/mol. The number of hydrogen-bond donors (Lipinski definition) is 1. The summed E-state index contributed by atoms with van der Waals surface area (Å²) in [5.74, 6) is 0.688. The Morgan fingerprint density at radius 3 is 2.45 bits per heavy atom. The maximum absolute atomic E-state index is 13.5. The molecule has 0 saturated carbocycles. The van der Waals surface area contributed by atoms with Crippen LogP contribution in [0.1, 0.15) is 38.2 Å². The van der Waals surface area contributed by atoms with Crippen LogP contribution in [0.2, 0.25) is 0 Å². The lowest BCUT2D eigenvalue weighted by atomic mass is 10.2. The van der Waals surface area contributed by atoms with E-state index in [1.807, 2.05) is 18.2 Å². The van der Waals surface area contributed by atoms with E-state index in [1.54, 1.807) is 36.4 Å². The zero-order valence-electron chi connectivity index (χ0n) is 17.2. The van der Waals surface area contributed by atoms with Crippen LogP contribution in [0.4, 0.5) is 24.8 Å². The number of alkyl halides is 3. The van der Waals surface area contributed by atoms with Gasteiger partial charge in [0.15, 0.2) is 0 Å². The number of anilines is 2. The van der Waals surface area contributed by atoms with Gasteiger partial charge in [-0.3, -0.25) is 0 Å². The molecule has 1 heterocycles. The number of unbranched alkanes of at least 4 members (excludes halogenated alkanes) is 3. The Bertz CT molecular complexity index is 968. The van der Waals surface area contributed by atoms with Gasteiger partial charge in [0.1, 0.15) is 16.3 Å². The summed E-state index contributed by atoms with van der Waals surface area (Å²) in [5, 5.41) is 2.84. The van der Waals surface area contributed by atoms with Crippen molar-refractivity contribution in [2.45, 2.75) is 48.7 Å². The van der Waals surface area contributed by atoms with Crippen LogP contribution >= 0.6 is 11.8 Å². The van der Waals surface area contributed by atoms with Gasteiger partial charge in [0.2, 0.25) is 5.95 Å². The molecule has 31 heavy (non-hydrogen) atoms. The highest BCUT2D eigenvalue weighted by Gasteiger charge is 2.35. The Morgan fingerprint density at radius 1 is 0.968 bits per heavy atom. The van der Waals surface area contributed by atoms with E-state index in [0.29, 0.717) is 22.9 Å². The van der Waals surface area contributed by atoms with E-state index in [9.17, 15) is 13.2 Å². The van der Waals surface area contributed by atoms with Crippen molar-refractivity contribution < 1.29 is 17.9 Å². The average molecular weight is 448 g/mol. The predicted octanol–water partition coefficient (Wildman–Crippen LogP) is 7.35. The fourth-order valence-electron chi connectivity index (χ4n) is 2.83. The van der Waals surface area contributed by atoms with Gasteiger partial charge in [0.25, 0.3) is 0 Å². The number of benzene rings is 2. The summed E-state index contributed by atoms with van der Waals surface area (Å²) < 4.78 is 46.3. The van der Waals surface area contributed by atoms with Crippen molar-refractivity contribution in [2.75, 3.05) is 11.9 Å². The highest BCUT2D eigenvalue weighted by molar-refractivity contribution is 7.99. The normalized spacial score (nSPS) is 11.4. The van der Waals surface area contributed by atoms with Crippen molar-refractivity contribution in [3.8, 4) is 5.75 Å². The first-order valence-electron chi connectivity index (χ1n) is 10.1. The van der Waals surface area contributed by atoms with E-state index in [4.69, 9.17) is 4.74 Å². The average Bonchev–Trinajstić information content (AvgIpc) is 2.75. The zero-order chi connectivity index (χ0) is 22.1. The lowest BCUT2D eigenvalue weighted by molar-refractivity contribution is -0.140. The Hall–Kier alpha value is -2.74. The minimum atomic E-state index is -4.55. The molecule has 0 spiro atoms. The maximum Gasteiger partial charge on any atom is 0.420 e. The van der Waals surface area contributed by atoms with Gasteiger partial charge in [-0.05, 0) is 30.7 Å². The Morgan fingerprint density at radius 2 is 1.71 bits per heavy atom. The molecule has 8 heteroatoms. The van der Waals surface area contributed by atoms with Crippen LogP contribution in [0.3, 0.4) is 0 Å². The number of hydrogen-bond acceptors (Lipinski definition) is 5. The molecular formula is C23H24F3N3OS. The zero-order valence-corrected chi connectivity index (χ0v) is 18.0. The van der Waals surface area contributed by atoms with E-state index in [0.717, 1.165) is 43.6 Å². The van der Waals surface area contributed by atoms with Crippen LogP contribution in [0.25, 0.3) is 0 Å². The highest BCUT2D eigenvalue weighted by atomic mass is 32.2. The molecule has 2 aromatic carbocycles.